The number of anilines is 1. The predicted molar refractivity (Wildman–Crippen MR) is 85.8 cm³/mol. The summed E-state index contributed by atoms with van der Waals surface area (Å²) in [6.45, 7) is 7.19. The van der Waals surface area contributed by atoms with E-state index in [1.54, 1.807) is 12.1 Å². The first-order valence-corrected chi connectivity index (χ1v) is 7.65. The van der Waals surface area contributed by atoms with Crippen LogP contribution in [-0.4, -0.2) is 12.5 Å². The maximum Gasteiger partial charge on any atom is 0.251 e. The molecule has 0 aliphatic rings. The zero-order chi connectivity index (χ0) is 15.0. The van der Waals surface area contributed by atoms with Gasteiger partial charge in [-0.15, -0.1) is 0 Å². The molecule has 0 unspecified atom stereocenters. The molecule has 0 radical (unpaired) electrons. The first-order valence-electron chi connectivity index (χ1n) is 7.65. The highest BCUT2D eigenvalue weighted by Crippen LogP contribution is 2.12. The van der Waals surface area contributed by atoms with Crippen LogP contribution in [0, 0.1) is 12.8 Å². The van der Waals surface area contributed by atoms with E-state index in [0.29, 0.717) is 5.56 Å². The van der Waals surface area contributed by atoms with Crippen LogP contribution in [0.4, 0.5) is 5.69 Å². The van der Waals surface area contributed by atoms with Gasteiger partial charge in [0.05, 0.1) is 0 Å². The van der Waals surface area contributed by atoms with Gasteiger partial charge in [-0.1, -0.05) is 39.5 Å². The van der Waals surface area contributed by atoms with Crippen molar-refractivity contribution in [3.8, 4) is 0 Å². The summed E-state index contributed by atoms with van der Waals surface area (Å²) >= 11 is 0. The van der Waals surface area contributed by atoms with Crippen molar-refractivity contribution in [3.05, 3.63) is 29.3 Å². The van der Waals surface area contributed by atoms with Crippen molar-refractivity contribution in [1.82, 2.24) is 5.32 Å². The second-order valence-electron chi connectivity index (χ2n) is 5.92. The summed E-state index contributed by atoms with van der Waals surface area (Å²) in [7, 11) is 0. The predicted octanol–water partition coefficient (Wildman–Crippen LogP) is 3.91. The summed E-state index contributed by atoms with van der Waals surface area (Å²) in [4.78, 5) is 11.9. The topological polar surface area (TPSA) is 55.1 Å². The highest BCUT2D eigenvalue weighted by Gasteiger charge is 2.05. The number of unbranched alkanes of at least 4 members (excludes halogenated alkanes) is 3. The third kappa shape index (κ3) is 6.09. The van der Waals surface area contributed by atoms with Crippen LogP contribution in [0.3, 0.4) is 0 Å². The molecular weight excluding hydrogens is 248 g/mol. The first kappa shape index (κ1) is 16.5. The Morgan fingerprint density at radius 3 is 2.55 bits per heavy atom. The van der Waals surface area contributed by atoms with E-state index in [4.69, 9.17) is 5.73 Å². The van der Waals surface area contributed by atoms with Gasteiger partial charge in [0.2, 0.25) is 0 Å². The molecule has 0 aliphatic heterocycles. The molecule has 0 aliphatic carbocycles. The molecule has 20 heavy (non-hydrogen) atoms. The highest BCUT2D eigenvalue weighted by molar-refractivity contribution is 5.94. The number of benzene rings is 1. The molecule has 0 atom stereocenters. The van der Waals surface area contributed by atoms with Gasteiger partial charge in [0, 0.05) is 17.8 Å². The minimum absolute atomic E-state index is 0.00437. The fraction of sp³-hybridized carbons (Fsp3) is 0.588. The lowest BCUT2D eigenvalue weighted by molar-refractivity contribution is 0.0953. The smallest absolute Gasteiger partial charge is 0.251 e. The summed E-state index contributed by atoms with van der Waals surface area (Å²) in [6, 6.07) is 5.41. The number of hydrogen-bond donors (Lipinski definition) is 2. The van der Waals surface area contributed by atoms with Crippen LogP contribution >= 0.6 is 0 Å². The van der Waals surface area contributed by atoms with Gasteiger partial charge < -0.3 is 11.1 Å². The SMILES string of the molecule is Cc1cc(C(=O)NCCCCCCC(C)C)ccc1N. The van der Waals surface area contributed by atoms with Gasteiger partial charge in [-0.3, -0.25) is 4.79 Å². The number of aryl methyl sites for hydroxylation is 1. The summed E-state index contributed by atoms with van der Waals surface area (Å²) in [6.07, 6.45) is 6.10. The van der Waals surface area contributed by atoms with Crippen LogP contribution in [0.5, 0.6) is 0 Å². The molecule has 3 N–H and O–H groups in total. The average Bonchev–Trinajstić information content (AvgIpc) is 2.40. The minimum atomic E-state index is -0.00437. The molecule has 1 aromatic carbocycles. The van der Waals surface area contributed by atoms with E-state index in [1.807, 2.05) is 13.0 Å². The number of nitrogens with one attached hydrogen (secondary N) is 1. The van der Waals surface area contributed by atoms with Crippen molar-refractivity contribution < 1.29 is 4.79 Å². The second-order valence-corrected chi connectivity index (χ2v) is 5.92. The van der Waals surface area contributed by atoms with E-state index in [-0.39, 0.29) is 5.91 Å². The zero-order valence-corrected chi connectivity index (χ0v) is 13.0. The van der Waals surface area contributed by atoms with E-state index in [2.05, 4.69) is 19.2 Å². The molecule has 3 heteroatoms. The molecule has 1 aromatic rings. The third-order valence-electron chi connectivity index (χ3n) is 3.53. The van der Waals surface area contributed by atoms with Gasteiger partial charge in [0.25, 0.3) is 5.91 Å². The van der Waals surface area contributed by atoms with Crippen LogP contribution in [-0.2, 0) is 0 Å². The lowest BCUT2D eigenvalue weighted by Crippen LogP contribution is -2.24. The Bertz CT molecular complexity index is 427. The van der Waals surface area contributed by atoms with Crippen LogP contribution in [0.15, 0.2) is 18.2 Å². The monoisotopic (exact) mass is 276 g/mol. The summed E-state index contributed by atoms with van der Waals surface area (Å²) in [5.41, 5.74) is 8.12. The average molecular weight is 276 g/mol. The largest absolute Gasteiger partial charge is 0.399 e. The molecule has 0 fully saturated rings. The van der Waals surface area contributed by atoms with E-state index >= 15 is 0 Å². The van der Waals surface area contributed by atoms with Gasteiger partial charge in [-0.25, -0.2) is 0 Å². The normalized spacial score (nSPS) is 10.8. The molecule has 0 saturated carbocycles. The summed E-state index contributed by atoms with van der Waals surface area (Å²) in [5.74, 6) is 0.790. The molecule has 0 saturated heterocycles. The maximum absolute atomic E-state index is 11.9. The number of amides is 1. The van der Waals surface area contributed by atoms with E-state index in [9.17, 15) is 4.79 Å². The maximum atomic E-state index is 11.9. The quantitative estimate of drug-likeness (QED) is 0.558. The number of nitrogen functional groups attached to an aromatic ring is 1. The fourth-order valence-electron chi connectivity index (χ4n) is 2.15. The Balaban J connectivity index is 2.18. The Labute approximate surface area is 122 Å². The second kappa shape index (κ2) is 8.62. The fourth-order valence-corrected chi connectivity index (χ4v) is 2.15. The first-order chi connectivity index (χ1) is 9.50. The Kier molecular flexibility index (Phi) is 7.13. The summed E-state index contributed by atoms with van der Waals surface area (Å²) in [5, 5.41) is 2.97. The lowest BCUT2D eigenvalue weighted by atomic mass is 10.0. The Hall–Kier alpha value is -1.51. The van der Waals surface area contributed by atoms with Crippen LogP contribution in [0.1, 0.15) is 61.9 Å². The van der Waals surface area contributed by atoms with E-state index in [1.165, 1.54) is 25.7 Å². The number of hydrogen-bond acceptors (Lipinski definition) is 2. The molecule has 0 spiro atoms. The van der Waals surface area contributed by atoms with Crippen molar-refractivity contribution >= 4 is 11.6 Å². The molecule has 1 rings (SSSR count). The Morgan fingerprint density at radius 2 is 1.90 bits per heavy atom. The third-order valence-corrected chi connectivity index (χ3v) is 3.53. The lowest BCUT2D eigenvalue weighted by Gasteiger charge is -2.07. The van der Waals surface area contributed by atoms with Crippen molar-refractivity contribution in [3.63, 3.8) is 0 Å². The van der Waals surface area contributed by atoms with Crippen molar-refractivity contribution in [2.75, 3.05) is 12.3 Å². The van der Waals surface area contributed by atoms with Gasteiger partial charge in [-0.2, -0.15) is 0 Å². The van der Waals surface area contributed by atoms with Gasteiger partial charge in [0.15, 0.2) is 0 Å². The van der Waals surface area contributed by atoms with Crippen molar-refractivity contribution in [1.29, 1.82) is 0 Å². The number of rotatable bonds is 8. The number of carbonyl (C=O) groups is 1. The van der Waals surface area contributed by atoms with Crippen molar-refractivity contribution in [2.24, 2.45) is 5.92 Å². The van der Waals surface area contributed by atoms with Gasteiger partial charge in [0.1, 0.15) is 0 Å². The van der Waals surface area contributed by atoms with Crippen molar-refractivity contribution in [2.45, 2.75) is 52.9 Å². The molecule has 112 valence electrons. The number of carbonyl (C=O) groups excluding carboxylic acids is 1. The molecular formula is C17H28N2O. The zero-order valence-electron chi connectivity index (χ0n) is 13.0. The van der Waals surface area contributed by atoms with Crippen LogP contribution < -0.4 is 11.1 Å². The van der Waals surface area contributed by atoms with Crippen LogP contribution in [0.2, 0.25) is 0 Å². The van der Waals surface area contributed by atoms with E-state index in [0.717, 1.165) is 30.1 Å². The van der Waals surface area contributed by atoms with Gasteiger partial charge in [-0.05, 0) is 43.0 Å². The molecule has 3 nitrogen and oxygen atoms in total. The molecule has 0 aromatic heterocycles. The molecule has 0 heterocycles. The number of nitrogens with two attached hydrogens (primary N) is 1. The van der Waals surface area contributed by atoms with Crippen LogP contribution in [0.25, 0.3) is 0 Å². The highest BCUT2D eigenvalue weighted by atomic mass is 16.1. The summed E-state index contributed by atoms with van der Waals surface area (Å²) < 4.78 is 0. The molecule has 1 amide bonds. The Morgan fingerprint density at radius 1 is 1.20 bits per heavy atom. The molecule has 0 bridgehead atoms. The van der Waals surface area contributed by atoms with E-state index < -0.39 is 0 Å². The van der Waals surface area contributed by atoms with Gasteiger partial charge >= 0.3 is 0 Å². The standard InChI is InChI=1S/C17H28N2O/c1-13(2)8-6-4-5-7-11-19-17(20)15-9-10-16(18)14(3)12-15/h9-10,12-13H,4-8,11,18H2,1-3H3,(H,19,20). The minimum Gasteiger partial charge on any atom is -0.399 e.